The number of carbonyl (C=O) groups excluding carboxylic acids is 1. The molecule has 4 rings (SSSR count). The smallest absolute Gasteiger partial charge is 0.231 e. The Hall–Kier alpha value is -1.64. The number of hydrogen-bond donors (Lipinski definition) is 1. The Labute approximate surface area is 144 Å². The third kappa shape index (κ3) is 2.89. The minimum absolute atomic E-state index is 0.144. The normalized spacial score (nSPS) is 30.9. The van der Waals surface area contributed by atoms with Crippen molar-refractivity contribution in [1.82, 2.24) is 5.32 Å². The largest absolute Gasteiger partial charge is 0.310 e. The number of amidine groups is 1. The molecule has 2 aliphatic carbocycles. The maximum Gasteiger partial charge on any atom is 0.231 e. The number of unbranched alkanes of at least 4 members (excludes halogenated alkanes) is 3. The number of rotatable bonds is 6. The third-order valence-corrected chi connectivity index (χ3v) is 6.24. The maximum absolute atomic E-state index is 12.5. The predicted octanol–water partition coefficient (Wildman–Crippen LogP) is 4.10. The Morgan fingerprint density at radius 1 is 1.08 bits per heavy atom. The first-order valence-electron chi connectivity index (χ1n) is 9.74. The molecule has 24 heavy (non-hydrogen) atoms. The van der Waals surface area contributed by atoms with E-state index in [0.717, 1.165) is 17.8 Å². The predicted molar refractivity (Wildman–Crippen MR) is 97.1 cm³/mol. The number of benzene rings is 1. The molecule has 3 aliphatic rings. The van der Waals surface area contributed by atoms with Crippen LogP contribution in [0.3, 0.4) is 0 Å². The minimum Gasteiger partial charge on any atom is -0.310 e. The first-order valence-corrected chi connectivity index (χ1v) is 9.74. The topological polar surface area (TPSA) is 41.5 Å². The highest BCUT2D eigenvalue weighted by Crippen LogP contribution is 2.50. The number of aryl methyl sites for hydroxylation is 1. The van der Waals surface area contributed by atoms with Crippen LogP contribution in [0.25, 0.3) is 0 Å². The van der Waals surface area contributed by atoms with E-state index in [9.17, 15) is 4.79 Å². The van der Waals surface area contributed by atoms with Gasteiger partial charge in [-0.15, -0.1) is 0 Å². The van der Waals surface area contributed by atoms with Gasteiger partial charge in [0.05, 0.1) is 12.0 Å². The molecule has 2 saturated carbocycles. The number of fused-ring (bicyclic) bond motifs is 5. The first kappa shape index (κ1) is 15.9. The molecule has 1 heterocycles. The second-order valence-corrected chi connectivity index (χ2v) is 7.82. The van der Waals surface area contributed by atoms with Crippen molar-refractivity contribution < 1.29 is 4.79 Å². The lowest BCUT2D eigenvalue weighted by atomic mass is 9.83. The molecule has 0 radical (unpaired) electrons. The van der Waals surface area contributed by atoms with Gasteiger partial charge >= 0.3 is 0 Å². The van der Waals surface area contributed by atoms with E-state index in [1.807, 2.05) is 0 Å². The van der Waals surface area contributed by atoms with Gasteiger partial charge in [-0.05, 0) is 49.5 Å². The molecular formula is C21H28N2O. The van der Waals surface area contributed by atoms with E-state index < -0.39 is 0 Å². The fraction of sp³-hybridized carbons (Fsp3) is 0.619. The van der Waals surface area contributed by atoms with Gasteiger partial charge in [0.1, 0.15) is 5.84 Å². The van der Waals surface area contributed by atoms with Crippen molar-refractivity contribution in [2.75, 3.05) is 0 Å². The minimum atomic E-state index is 0.144. The van der Waals surface area contributed by atoms with Crippen LogP contribution in [0, 0.1) is 17.8 Å². The maximum atomic E-state index is 12.5. The number of nitrogens with one attached hydrogen (secondary N) is 1. The SMILES string of the molecule is CCCCCCc1ccc(C2=NC3C4CCC(C4)C3C(=O)N2)cc1. The van der Waals surface area contributed by atoms with Crippen LogP contribution in [0.4, 0.5) is 0 Å². The molecule has 4 atom stereocenters. The van der Waals surface area contributed by atoms with E-state index in [4.69, 9.17) is 4.99 Å². The highest BCUT2D eigenvalue weighted by molar-refractivity contribution is 6.10. The van der Waals surface area contributed by atoms with Gasteiger partial charge in [0, 0.05) is 5.56 Å². The van der Waals surface area contributed by atoms with Crippen molar-refractivity contribution in [3.63, 3.8) is 0 Å². The summed E-state index contributed by atoms with van der Waals surface area (Å²) < 4.78 is 0. The molecule has 0 spiro atoms. The Kier molecular flexibility index (Phi) is 4.43. The number of nitrogens with zero attached hydrogens (tertiary/aromatic N) is 1. The molecule has 1 aliphatic heterocycles. The standard InChI is InChI=1S/C21H28N2O/c1-2-3-4-5-6-14-7-9-15(10-8-14)20-22-19-17-12-11-16(13-17)18(19)21(24)23-20/h7-10,16-19H,2-6,11-13H2,1H3,(H,22,23,24). The summed E-state index contributed by atoms with van der Waals surface area (Å²) in [5, 5.41) is 3.08. The van der Waals surface area contributed by atoms with E-state index in [2.05, 4.69) is 36.5 Å². The van der Waals surface area contributed by atoms with Gasteiger partial charge in [0.15, 0.2) is 0 Å². The van der Waals surface area contributed by atoms with E-state index in [1.165, 1.54) is 50.5 Å². The quantitative estimate of drug-likeness (QED) is 0.786. The fourth-order valence-electron chi connectivity index (χ4n) is 4.93. The Morgan fingerprint density at radius 3 is 2.67 bits per heavy atom. The number of aliphatic imine (C=N–C) groups is 1. The van der Waals surface area contributed by atoms with Crippen LogP contribution in [0.15, 0.2) is 29.3 Å². The Balaban J connectivity index is 1.45. The van der Waals surface area contributed by atoms with Crippen LogP contribution in [0.2, 0.25) is 0 Å². The summed E-state index contributed by atoms with van der Waals surface area (Å²) in [5.41, 5.74) is 2.44. The van der Waals surface area contributed by atoms with Gasteiger partial charge in [0.2, 0.25) is 5.91 Å². The fourth-order valence-corrected chi connectivity index (χ4v) is 4.93. The Bertz CT molecular complexity index is 634. The van der Waals surface area contributed by atoms with E-state index in [-0.39, 0.29) is 17.9 Å². The molecule has 4 unspecified atom stereocenters. The van der Waals surface area contributed by atoms with Crippen molar-refractivity contribution in [2.24, 2.45) is 22.7 Å². The molecule has 1 aromatic rings. The van der Waals surface area contributed by atoms with Crippen molar-refractivity contribution in [2.45, 2.75) is 64.3 Å². The summed E-state index contributed by atoms with van der Waals surface area (Å²) in [5.74, 6) is 2.37. The summed E-state index contributed by atoms with van der Waals surface area (Å²) in [4.78, 5) is 17.5. The molecule has 1 aromatic carbocycles. The molecule has 2 bridgehead atoms. The molecule has 128 valence electrons. The van der Waals surface area contributed by atoms with Crippen LogP contribution in [-0.4, -0.2) is 17.8 Å². The molecule has 3 nitrogen and oxygen atoms in total. The highest BCUT2D eigenvalue weighted by Gasteiger charge is 2.52. The van der Waals surface area contributed by atoms with Crippen molar-refractivity contribution >= 4 is 11.7 Å². The molecule has 1 N–H and O–H groups in total. The zero-order chi connectivity index (χ0) is 16.5. The van der Waals surface area contributed by atoms with Crippen molar-refractivity contribution in [1.29, 1.82) is 0 Å². The zero-order valence-corrected chi connectivity index (χ0v) is 14.6. The van der Waals surface area contributed by atoms with Crippen LogP contribution in [0.1, 0.15) is 63.0 Å². The summed E-state index contributed by atoms with van der Waals surface area (Å²) in [7, 11) is 0. The van der Waals surface area contributed by atoms with Gasteiger partial charge in [-0.3, -0.25) is 9.79 Å². The third-order valence-electron chi connectivity index (χ3n) is 6.24. The van der Waals surface area contributed by atoms with Gasteiger partial charge in [-0.2, -0.15) is 0 Å². The zero-order valence-electron chi connectivity index (χ0n) is 14.6. The van der Waals surface area contributed by atoms with Crippen LogP contribution in [-0.2, 0) is 11.2 Å². The highest BCUT2D eigenvalue weighted by atomic mass is 16.2. The number of hydrogen-bond acceptors (Lipinski definition) is 2. The van der Waals surface area contributed by atoms with Gasteiger partial charge < -0.3 is 5.32 Å². The summed E-state index contributed by atoms with van der Waals surface area (Å²) in [6, 6.07) is 8.89. The van der Waals surface area contributed by atoms with Crippen LogP contribution < -0.4 is 5.32 Å². The Morgan fingerprint density at radius 2 is 1.88 bits per heavy atom. The molecule has 0 saturated heterocycles. The molecule has 0 aromatic heterocycles. The second kappa shape index (κ2) is 6.70. The second-order valence-electron chi connectivity index (χ2n) is 7.82. The molecule has 2 fully saturated rings. The lowest BCUT2D eigenvalue weighted by molar-refractivity contribution is -0.126. The lowest BCUT2D eigenvalue weighted by Gasteiger charge is -2.32. The summed E-state index contributed by atoms with van der Waals surface area (Å²) in [6.45, 7) is 2.24. The van der Waals surface area contributed by atoms with E-state index in [0.29, 0.717) is 11.8 Å². The molecule has 3 heteroatoms. The van der Waals surface area contributed by atoms with Gasteiger partial charge in [-0.1, -0.05) is 50.5 Å². The van der Waals surface area contributed by atoms with Crippen molar-refractivity contribution in [3.05, 3.63) is 35.4 Å². The number of carbonyl (C=O) groups is 1. The molecule has 1 amide bonds. The van der Waals surface area contributed by atoms with E-state index in [1.54, 1.807) is 0 Å². The molecular weight excluding hydrogens is 296 g/mol. The number of amides is 1. The summed E-state index contributed by atoms with van der Waals surface area (Å²) >= 11 is 0. The average Bonchev–Trinajstić information content (AvgIpc) is 3.21. The van der Waals surface area contributed by atoms with Gasteiger partial charge in [-0.25, -0.2) is 0 Å². The van der Waals surface area contributed by atoms with E-state index >= 15 is 0 Å². The lowest BCUT2D eigenvalue weighted by Crippen LogP contribution is -2.48. The van der Waals surface area contributed by atoms with Crippen LogP contribution >= 0.6 is 0 Å². The average molecular weight is 324 g/mol. The monoisotopic (exact) mass is 324 g/mol. The van der Waals surface area contributed by atoms with Crippen LogP contribution in [0.5, 0.6) is 0 Å². The first-order chi connectivity index (χ1) is 11.8. The summed E-state index contributed by atoms with van der Waals surface area (Å²) in [6.07, 6.45) is 10.0. The van der Waals surface area contributed by atoms with Crippen molar-refractivity contribution in [3.8, 4) is 0 Å². The van der Waals surface area contributed by atoms with Gasteiger partial charge in [0.25, 0.3) is 0 Å².